The summed E-state index contributed by atoms with van der Waals surface area (Å²) in [7, 11) is 0.359. The zero-order chi connectivity index (χ0) is 7.98. The molecule has 0 spiro atoms. The highest BCUT2D eigenvalue weighted by atomic mass is 32.0. The fraction of sp³-hybridized carbons (Fsp3) is 1.00. The van der Waals surface area contributed by atoms with Crippen molar-refractivity contribution in [3.8, 4) is 0 Å². The third-order valence-electron chi connectivity index (χ3n) is 1.11. The van der Waals surface area contributed by atoms with E-state index in [9.17, 15) is 8.78 Å². The van der Waals surface area contributed by atoms with Crippen LogP contribution in [-0.4, -0.2) is 11.8 Å². The van der Waals surface area contributed by atoms with E-state index >= 15 is 0 Å². The summed E-state index contributed by atoms with van der Waals surface area (Å²) in [6.45, 7) is 3.59. The number of alkyl halides is 2. The highest BCUT2D eigenvalue weighted by Gasteiger charge is 2.07. The molecule has 0 aliphatic carbocycles. The van der Waals surface area contributed by atoms with E-state index in [4.69, 9.17) is 0 Å². The summed E-state index contributed by atoms with van der Waals surface area (Å²) in [4.78, 5) is 0. The van der Waals surface area contributed by atoms with Crippen molar-refractivity contribution in [2.75, 3.05) is 0 Å². The van der Waals surface area contributed by atoms with E-state index < -0.39 is 11.8 Å². The quantitative estimate of drug-likeness (QED) is 0.574. The zero-order valence-electron chi connectivity index (χ0n) is 6.32. The van der Waals surface area contributed by atoms with Gasteiger partial charge >= 0.3 is 0 Å². The lowest BCUT2D eigenvalue weighted by molar-refractivity contribution is 0.434. The van der Waals surface area contributed by atoms with Crippen LogP contribution in [0, 0.1) is 0 Å². The van der Waals surface area contributed by atoms with Crippen molar-refractivity contribution < 1.29 is 8.78 Å². The summed E-state index contributed by atoms with van der Waals surface area (Å²) >= 11 is 0. The molecular formula is C6H14F2P2. The van der Waals surface area contributed by atoms with Gasteiger partial charge in [0.2, 0.25) is 0 Å². The molecule has 4 atom stereocenters. The maximum atomic E-state index is 12.5. The Morgan fingerprint density at radius 3 is 1.50 bits per heavy atom. The van der Waals surface area contributed by atoms with Gasteiger partial charge in [0.05, 0.1) is 0 Å². The first-order chi connectivity index (χ1) is 4.70. The maximum absolute atomic E-state index is 12.5. The van der Waals surface area contributed by atoms with Crippen LogP contribution in [0.2, 0.25) is 0 Å². The molecule has 0 fully saturated rings. The Kier molecular flexibility index (Phi) is 6.89. The molecule has 0 aliphatic heterocycles. The molecule has 0 aromatic heterocycles. The van der Waals surface area contributed by atoms with Crippen molar-refractivity contribution >= 4 is 16.5 Å². The Hall–Kier alpha value is 0.720. The average molecular weight is 186 g/mol. The smallest absolute Gasteiger partial charge is 0.120 e. The molecule has 0 aromatic rings. The molecule has 0 bridgehead atoms. The summed E-state index contributed by atoms with van der Waals surface area (Å²) in [6.07, 6.45) is 1.06. The van der Waals surface area contributed by atoms with Crippen LogP contribution >= 0.6 is 16.5 Å². The molecule has 0 aliphatic rings. The normalized spacial score (nSPS) is 19.2. The lowest BCUT2D eigenvalue weighted by atomic mass is 10.6. The third-order valence-corrected chi connectivity index (χ3v) is 5.10. The molecule has 4 heteroatoms. The van der Waals surface area contributed by atoms with Crippen LogP contribution in [-0.2, 0) is 0 Å². The van der Waals surface area contributed by atoms with Crippen LogP contribution < -0.4 is 0 Å². The summed E-state index contributed by atoms with van der Waals surface area (Å²) in [5.74, 6) is -1.52. The second kappa shape index (κ2) is 6.43. The predicted molar refractivity (Wildman–Crippen MR) is 47.0 cm³/mol. The minimum Gasteiger partial charge on any atom is -0.242 e. The van der Waals surface area contributed by atoms with Gasteiger partial charge in [-0.25, -0.2) is 8.78 Å². The Balaban J connectivity index is 3.17. The lowest BCUT2D eigenvalue weighted by Gasteiger charge is -2.07. The number of hydrogen-bond donors (Lipinski definition) is 0. The lowest BCUT2D eigenvalue weighted by Crippen LogP contribution is -1.87. The molecule has 4 unspecified atom stereocenters. The number of rotatable bonds is 5. The fourth-order valence-corrected chi connectivity index (χ4v) is 3.46. The largest absolute Gasteiger partial charge is 0.242 e. The van der Waals surface area contributed by atoms with Crippen LogP contribution in [0.25, 0.3) is 0 Å². The van der Waals surface area contributed by atoms with E-state index in [-0.39, 0.29) is 16.5 Å². The fourth-order valence-electron chi connectivity index (χ4n) is 0.385. The SMILES string of the molecule is CCC(F)PPC(F)CC. The molecule has 0 rings (SSSR count). The minimum absolute atomic E-state index is 0.179. The van der Waals surface area contributed by atoms with Gasteiger partial charge in [-0.2, -0.15) is 0 Å². The average Bonchev–Trinajstić information content (AvgIpc) is 1.99. The first-order valence-corrected chi connectivity index (χ1v) is 6.65. The van der Waals surface area contributed by atoms with E-state index in [0.717, 1.165) is 0 Å². The van der Waals surface area contributed by atoms with Crippen LogP contribution in [0.3, 0.4) is 0 Å². The molecule has 0 saturated carbocycles. The second-order valence-electron chi connectivity index (χ2n) is 2.04. The van der Waals surface area contributed by atoms with Gasteiger partial charge in [-0.05, 0) is 12.8 Å². The third kappa shape index (κ3) is 5.50. The van der Waals surface area contributed by atoms with Crippen LogP contribution in [0.5, 0.6) is 0 Å². The summed E-state index contributed by atoms with van der Waals surface area (Å²) in [5.41, 5.74) is 0. The number of halogens is 2. The van der Waals surface area contributed by atoms with Crippen LogP contribution in [0.15, 0.2) is 0 Å². The van der Waals surface area contributed by atoms with Crippen molar-refractivity contribution in [1.29, 1.82) is 0 Å². The van der Waals surface area contributed by atoms with E-state index in [1.807, 2.05) is 0 Å². The standard InChI is InChI=1S/C6H14F2P2/c1-3-5(7)9-10-6(8)4-2/h5-6,9-10H,3-4H2,1-2H3. The maximum Gasteiger partial charge on any atom is 0.120 e. The van der Waals surface area contributed by atoms with Crippen molar-refractivity contribution in [3.63, 3.8) is 0 Å². The van der Waals surface area contributed by atoms with Gasteiger partial charge in [0.1, 0.15) is 11.8 Å². The van der Waals surface area contributed by atoms with E-state index in [1.54, 1.807) is 13.8 Å². The van der Waals surface area contributed by atoms with Gasteiger partial charge in [-0.1, -0.05) is 30.4 Å². The Morgan fingerprint density at radius 1 is 1.00 bits per heavy atom. The monoisotopic (exact) mass is 186 g/mol. The van der Waals surface area contributed by atoms with E-state index in [0.29, 0.717) is 12.8 Å². The number of hydrogen-bond acceptors (Lipinski definition) is 0. The molecule has 10 heavy (non-hydrogen) atoms. The first-order valence-electron chi connectivity index (χ1n) is 3.49. The molecule has 0 radical (unpaired) electrons. The molecule has 0 saturated heterocycles. The highest BCUT2D eigenvalue weighted by molar-refractivity contribution is 8.12. The van der Waals surface area contributed by atoms with Gasteiger partial charge in [-0.15, -0.1) is 0 Å². The highest BCUT2D eigenvalue weighted by Crippen LogP contribution is 2.47. The topological polar surface area (TPSA) is 0 Å². The molecule has 0 amide bonds. The predicted octanol–water partition coefficient (Wildman–Crippen LogP) is 3.67. The summed E-state index contributed by atoms with van der Waals surface area (Å²) < 4.78 is 25.0. The molecular weight excluding hydrogens is 172 g/mol. The van der Waals surface area contributed by atoms with Crippen molar-refractivity contribution in [2.24, 2.45) is 0 Å². The van der Waals surface area contributed by atoms with Crippen molar-refractivity contribution in [1.82, 2.24) is 0 Å². The Bertz CT molecular complexity index is 70.1. The van der Waals surface area contributed by atoms with Gasteiger partial charge in [0.25, 0.3) is 0 Å². The first kappa shape index (κ1) is 10.7. The second-order valence-corrected chi connectivity index (χ2v) is 5.60. The van der Waals surface area contributed by atoms with Crippen molar-refractivity contribution in [2.45, 2.75) is 38.5 Å². The van der Waals surface area contributed by atoms with Gasteiger partial charge in [0, 0.05) is 0 Å². The minimum atomic E-state index is -0.761. The molecule has 0 heterocycles. The molecule has 0 aromatic carbocycles. The van der Waals surface area contributed by atoms with E-state index in [2.05, 4.69) is 0 Å². The molecule has 0 N–H and O–H groups in total. The summed E-state index contributed by atoms with van der Waals surface area (Å²) in [6, 6.07) is 0. The zero-order valence-corrected chi connectivity index (χ0v) is 8.32. The Labute approximate surface area is 64.6 Å². The van der Waals surface area contributed by atoms with Gasteiger partial charge in [0.15, 0.2) is 0 Å². The van der Waals surface area contributed by atoms with Crippen LogP contribution in [0.1, 0.15) is 26.7 Å². The van der Waals surface area contributed by atoms with Crippen molar-refractivity contribution in [3.05, 3.63) is 0 Å². The van der Waals surface area contributed by atoms with Gasteiger partial charge < -0.3 is 0 Å². The molecule has 62 valence electrons. The summed E-state index contributed by atoms with van der Waals surface area (Å²) in [5, 5.41) is 0. The molecule has 0 nitrogen and oxygen atoms in total. The Morgan fingerprint density at radius 2 is 1.30 bits per heavy atom. The van der Waals surface area contributed by atoms with Gasteiger partial charge in [-0.3, -0.25) is 0 Å². The van der Waals surface area contributed by atoms with E-state index in [1.165, 1.54) is 0 Å². The van der Waals surface area contributed by atoms with Crippen LogP contribution in [0.4, 0.5) is 8.78 Å².